The van der Waals surface area contributed by atoms with Crippen LogP contribution in [0.25, 0.3) is 11.1 Å². The number of aromatic nitrogens is 2. The van der Waals surface area contributed by atoms with Crippen LogP contribution < -0.4 is 5.69 Å². The van der Waals surface area contributed by atoms with E-state index in [9.17, 15) is 4.79 Å². The molecule has 2 aromatic heterocycles. The number of fused-ring (bicyclic) bond motifs is 1. The van der Waals surface area contributed by atoms with Crippen LogP contribution in [-0.2, 0) is 7.05 Å². The smallest absolute Gasteiger partial charge is 0.350 e. The zero-order valence-electron chi connectivity index (χ0n) is 9.99. The minimum absolute atomic E-state index is 0.322. The maximum Gasteiger partial charge on any atom is 0.350 e. The first-order chi connectivity index (χ1) is 8.20. The molecule has 17 heavy (non-hydrogen) atoms. The Labute approximate surface area is 99.3 Å². The van der Waals surface area contributed by atoms with Crippen LogP contribution in [-0.4, -0.2) is 9.55 Å². The highest BCUT2D eigenvalue weighted by Gasteiger charge is 2.04. The van der Waals surface area contributed by atoms with E-state index in [2.05, 4.69) is 23.7 Å². The standard InChI is InChI=1S/C13H14N2O2/c1-3-4-5-6-7-11-8-10-9-15(2)13(16)14-12(10)17-11/h8-9H,3-5H2,1-2H3. The van der Waals surface area contributed by atoms with Gasteiger partial charge in [0, 0.05) is 25.7 Å². The van der Waals surface area contributed by atoms with Crippen molar-refractivity contribution in [2.75, 3.05) is 0 Å². The second-order valence-corrected chi connectivity index (χ2v) is 3.91. The Morgan fingerprint density at radius 2 is 2.35 bits per heavy atom. The average molecular weight is 230 g/mol. The van der Waals surface area contributed by atoms with Crippen molar-refractivity contribution in [1.82, 2.24) is 9.55 Å². The van der Waals surface area contributed by atoms with Crippen molar-refractivity contribution in [1.29, 1.82) is 0 Å². The van der Waals surface area contributed by atoms with Gasteiger partial charge in [-0.05, 0) is 12.3 Å². The molecule has 0 unspecified atom stereocenters. The summed E-state index contributed by atoms with van der Waals surface area (Å²) >= 11 is 0. The fourth-order valence-corrected chi connectivity index (χ4v) is 1.48. The van der Waals surface area contributed by atoms with E-state index in [1.54, 1.807) is 19.3 Å². The number of aryl methyl sites for hydroxylation is 1. The van der Waals surface area contributed by atoms with Crippen LogP contribution in [0.4, 0.5) is 0 Å². The highest BCUT2D eigenvalue weighted by Crippen LogP contribution is 2.14. The Morgan fingerprint density at radius 1 is 1.53 bits per heavy atom. The lowest BCUT2D eigenvalue weighted by atomic mass is 10.2. The molecule has 2 rings (SSSR count). The molecule has 0 bridgehead atoms. The topological polar surface area (TPSA) is 48.0 Å². The molecular formula is C13H14N2O2. The first-order valence-corrected chi connectivity index (χ1v) is 5.67. The molecule has 2 aromatic rings. The summed E-state index contributed by atoms with van der Waals surface area (Å²) in [6.45, 7) is 2.13. The normalized spacial score (nSPS) is 10.2. The lowest BCUT2D eigenvalue weighted by Gasteiger charge is -1.92. The van der Waals surface area contributed by atoms with E-state index in [0.29, 0.717) is 11.5 Å². The van der Waals surface area contributed by atoms with Gasteiger partial charge in [-0.1, -0.05) is 19.3 Å². The zero-order valence-corrected chi connectivity index (χ0v) is 9.99. The second-order valence-electron chi connectivity index (χ2n) is 3.91. The summed E-state index contributed by atoms with van der Waals surface area (Å²) in [5.41, 5.74) is 0.0326. The van der Waals surface area contributed by atoms with E-state index in [1.165, 1.54) is 4.57 Å². The van der Waals surface area contributed by atoms with E-state index in [4.69, 9.17) is 4.42 Å². The monoisotopic (exact) mass is 230 g/mol. The van der Waals surface area contributed by atoms with Crippen molar-refractivity contribution in [2.45, 2.75) is 26.2 Å². The van der Waals surface area contributed by atoms with E-state index in [-0.39, 0.29) is 5.69 Å². The highest BCUT2D eigenvalue weighted by atomic mass is 16.3. The molecule has 0 aromatic carbocycles. The van der Waals surface area contributed by atoms with Gasteiger partial charge in [-0.15, -0.1) is 0 Å². The van der Waals surface area contributed by atoms with Crippen LogP contribution in [0.2, 0.25) is 0 Å². The van der Waals surface area contributed by atoms with Gasteiger partial charge in [-0.25, -0.2) is 4.79 Å². The third-order valence-corrected chi connectivity index (χ3v) is 2.44. The fourth-order valence-electron chi connectivity index (χ4n) is 1.48. The highest BCUT2D eigenvalue weighted by molar-refractivity contribution is 5.73. The van der Waals surface area contributed by atoms with E-state index >= 15 is 0 Å². The lowest BCUT2D eigenvalue weighted by Crippen LogP contribution is -2.18. The molecule has 0 aliphatic rings. The van der Waals surface area contributed by atoms with E-state index in [0.717, 1.165) is 24.6 Å². The molecule has 0 radical (unpaired) electrons. The second kappa shape index (κ2) is 4.88. The number of furan rings is 1. The molecule has 0 N–H and O–H groups in total. The third kappa shape index (κ3) is 2.56. The number of hydrogen-bond donors (Lipinski definition) is 0. The maximum absolute atomic E-state index is 11.3. The molecule has 4 nitrogen and oxygen atoms in total. The summed E-state index contributed by atoms with van der Waals surface area (Å²) in [4.78, 5) is 15.1. The van der Waals surface area contributed by atoms with E-state index in [1.807, 2.05) is 0 Å². The maximum atomic E-state index is 11.3. The molecule has 88 valence electrons. The lowest BCUT2D eigenvalue weighted by molar-refractivity contribution is 0.584. The predicted molar refractivity (Wildman–Crippen MR) is 65.7 cm³/mol. The van der Waals surface area contributed by atoms with Gasteiger partial charge in [0.15, 0.2) is 5.76 Å². The quantitative estimate of drug-likeness (QED) is 0.586. The van der Waals surface area contributed by atoms with Crippen LogP contribution in [0.5, 0.6) is 0 Å². The van der Waals surface area contributed by atoms with Gasteiger partial charge in [0.25, 0.3) is 0 Å². The van der Waals surface area contributed by atoms with Crippen LogP contribution in [0.3, 0.4) is 0 Å². The molecule has 0 fully saturated rings. The Morgan fingerprint density at radius 3 is 3.12 bits per heavy atom. The molecule has 4 heteroatoms. The van der Waals surface area contributed by atoms with Crippen molar-refractivity contribution in [2.24, 2.45) is 7.05 Å². The third-order valence-electron chi connectivity index (χ3n) is 2.44. The molecule has 0 saturated carbocycles. The van der Waals surface area contributed by atoms with Crippen molar-refractivity contribution >= 4 is 11.1 Å². The van der Waals surface area contributed by atoms with Crippen LogP contribution >= 0.6 is 0 Å². The van der Waals surface area contributed by atoms with Crippen molar-refractivity contribution in [3.05, 3.63) is 28.5 Å². The van der Waals surface area contributed by atoms with Gasteiger partial charge in [0.2, 0.25) is 5.71 Å². The molecule has 2 heterocycles. The minimum Gasteiger partial charge on any atom is -0.429 e. The van der Waals surface area contributed by atoms with Crippen molar-refractivity contribution in [3.63, 3.8) is 0 Å². The van der Waals surface area contributed by atoms with Crippen LogP contribution in [0.15, 0.2) is 21.5 Å². The Kier molecular flexibility index (Phi) is 3.29. The number of hydrogen-bond acceptors (Lipinski definition) is 3. The Bertz CT molecular complexity index is 641. The van der Waals surface area contributed by atoms with Gasteiger partial charge in [-0.2, -0.15) is 4.98 Å². The SMILES string of the molecule is CCCCC#Cc1cc2cn(C)c(=O)nc2o1. The van der Waals surface area contributed by atoms with Crippen LogP contribution in [0.1, 0.15) is 31.9 Å². The van der Waals surface area contributed by atoms with Gasteiger partial charge in [0.05, 0.1) is 5.39 Å². The predicted octanol–water partition coefficient (Wildman–Crippen LogP) is 2.07. The number of nitrogens with zero attached hydrogens (tertiary/aromatic N) is 2. The molecule has 0 atom stereocenters. The Balaban J connectivity index is 2.31. The first-order valence-electron chi connectivity index (χ1n) is 5.67. The van der Waals surface area contributed by atoms with Crippen molar-refractivity contribution in [3.8, 4) is 11.8 Å². The molecule has 0 amide bonds. The average Bonchev–Trinajstić information content (AvgIpc) is 2.67. The molecule has 0 aliphatic heterocycles. The zero-order chi connectivity index (χ0) is 12.3. The summed E-state index contributed by atoms with van der Waals surface area (Å²) in [5.74, 6) is 6.54. The molecular weight excluding hydrogens is 216 g/mol. The van der Waals surface area contributed by atoms with Gasteiger partial charge in [0.1, 0.15) is 0 Å². The number of unbranched alkanes of at least 4 members (excludes halogenated alkanes) is 2. The van der Waals surface area contributed by atoms with Crippen molar-refractivity contribution < 1.29 is 4.42 Å². The van der Waals surface area contributed by atoms with Gasteiger partial charge < -0.3 is 8.98 Å². The number of rotatable bonds is 2. The summed E-state index contributed by atoms with van der Waals surface area (Å²) in [6, 6.07) is 1.81. The van der Waals surface area contributed by atoms with Gasteiger partial charge in [-0.3, -0.25) is 0 Å². The minimum atomic E-state index is -0.322. The Hall–Kier alpha value is -2.02. The summed E-state index contributed by atoms with van der Waals surface area (Å²) in [5, 5.41) is 0.798. The summed E-state index contributed by atoms with van der Waals surface area (Å²) in [7, 11) is 1.66. The van der Waals surface area contributed by atoms with Crippen LogP contribution in [0, 0.1) is 11.8 Å². The molecule has 0 saturated heterocycles. The largest absolute Gasteiger partial charge is 0.429 e. The van der Waals surface area contributed by atoms with Gasteiger partial charge >= 0.3 is 5.69 Å². The molecule has 0 spiro atoms. The first kappa shape index (κ1) is 11.5. The fraction of sp³-hybridized carbons (Fsp3) is 0.385. The summed E-state index contributed by atoms with van der Waals surface area (Å²) < 4.78 is 6.81. The molecule has 0 aliphatic carbocycles. The summed E-state index contributed by atoms with van der Waals surface area (Å²) in [6.07, 6.45) is 4.78. The van der Waals surface area contributed by atoms with E-state index < -0.39 is 0 Å².